The highest BCUT2D eigenvalue weighted by molar-refractivity contribution is 6.46. The number of ketones is 1. The number of fused-ring (bicyclic) bond motifs is 1. The second kappa shape index (κ2) is 6.28. The number of carbonyl (C=O) groups is 3. The van der Waals surface area contributed by atoms with Gasteiger partial charge in [0, 0.05) is 30.4 Å². The van der Waals surface area contributed by atoms with Crippen LogP contribution >= 0.6 is 0 Å². The van der Waals surface area contributed by atoms with Gasteiger partial charge in [0.15, 0.2) is 0 Å². The predicted octanol–water partition coefficient (Wildman–Crippen LogP) is 2.73. The Morgan fingerprint density at radius 1 is 1.04 bits per heavy atom. The Hall–Kier alpha value is -2.95. The molecule has 1 heterocycles. The van der Waals surface area contributed by atoms with Gasteiger partial charge in [0.05, 0.1) is 0 Å². The molecule has 0 aliphatic carbocycles. The maximum atomic E-state index is 12.2. The lowest BCUT2D eigenvalue weighted by Crippen LogP contribution is -2.25. The van der Waals surface area contributed by atoms with E-state index < -0.39 is 11.7 Å². The van der Waals surface area contributed by atoms with Gasteiger partial charge in [0.1, 0.15) is 0 Å². The molecule has 1 aliphatic heterocycles. The fraction of sp³-hybridized carbons (Fsp3) is 0.211. The zero-order valence-electron chi connectivity index (χ0n) is 13.6. The predicted molar refractivity (Wildman–Crippen MR) is 92.3 cm³/mol. The largest absolute Gasteiger partial charge is 0.319 e. The number of benzene rings is 2. The van der Waals surface area contributed by atoms with Crippen molar-refractivity contribution in [3.05, 3.63) is 59.2 Å². The Kier molecular flexibility index (Phi) is 4.16. The first-order valence-corrected chi connectivity index (χ1v) is 7.79. The van der Waals surface area contributed by atoms with Gasteiger partial charge in [-0.2, -0.15) is 0 Å². The van der Waals surface area contributed by atoms with Crippen LogP contribution in [0.25, 0.3) is 0 Å². The molecule has 5 heteroatoms. The third-order valence-electron chi connectivity index (χ3n) is 4.13. The topological polar surface area (TPSA) is 66.5 Å². The summed E-state index contributed by atoms with van der Waals surface area (Å²) in [6.07, 6.45) is 0.741. The number of hydrogen-bond donors (Lipinski definition) is 1. The molecule has 1 N–H and O–H groups in total. The van der Waals surface area contributed by atoms with Gasteiger partial charge in [-0.3, -0.25) is 14.4 Å². The normalized spacial score (nSPS) is 12.7. The molecule has 0 saturated heterocycles. The van der Waals surface area contributed by atoms with Crippen molar-refractivity contribution in [2.24, 2.45) is 0 Å². The molecule has 0 atom stereocenters. The fourth-order valence-corrected chi connectivity index (χ4v) is 2.83. The lowest BCUT2D eigenvalue weighted by molar-refractivity contribution is -0.116. The second-order valence-corrected chi connectivity index (χ2v) is 5.91. The maximum absolute atomic E-state index is 12.2. The van der Waals surface area contributed by atoms with Crippen molar-refractivity contribution < 1.29 is 14.4 Å². The summed E-state index contributed by atoms with van der Waals surface area (Å²) in [7, 11) is 0. The Morgan fingerprint density at radius 2 is 1.75 bits per heavy atom. The molecule has 2 aromatic carbocycles. The van der Waals surface area contributed by atoms with Gasteiger partial charge in [-0.15, -0.1) is 0 Å². The molecule has 0 spiro atoms. The third kappa shape index (κ3) is 3.06. The summed E-state index contributed by atoms with van der Waals surface area (Å²) in [5, 5.41) is 2.64. The molecule has 122 valence electrons. The van der Waals surface area contributed by atoms with Crippen molar-refractivity contribution in [1.29, 1.82) is 0 Å². The number of aryl methyl sites for hydroxylation is 1. The monoisotopic (exact) mass is 322 g/mol. The summed E-state index contributed by atoms with van der Waals surface area (Å²) >= 11 is 0. The minimum Gasteiger partial charge on any atom is -0.319 e. The average Bonchev–Trinajstić information content (AvgIpc) is 2.98. The highest BCUT2D eigenvalue weighted by Crippen LogP contribution is 2.30. The number of carbonyl (C=O) groups excluding carboxylic acids is 3. The summed E-state index contributed by atoms with van der Waals surface area (Å²) in [6, 6.07) is 12.2. The van der Waals surface area contributed by atoms with Crippen LogP contribution < -0.4 is 10.2 Å². The molecule has 0 fully saturated rings. The summed E-state index contributed by atoms with van der Waals surface area (Å²) in [6.45, 7) is 4.10. The summed E-state index contributed by atoms with van der Waals surface area (Å²) < 4.78 is 0. The standard InChI is InChI=1S/C19H18N2O3/c1-12-3-5-14(6-4-12)18(23)19(24)20-16-7-8-17-15(11-16)9-10-21(17)13(2)22/h3-8,11H,9-10H2,1-2H3,(H,20,24). The first-order chi connectivity index (χ1) is 11.5. The summed E-state index contributed by atoms with van der Waals surface area (Å²) in [5.41, 5.74) is 3.81. The zero-order valence-corrected chi connectivity index (χ0v) is 13.6. The van der Waals surface area contributed by atoms with Crippen LogP contribution in [0.15, 0.2) is 42.5 Å². The van der Waals surface area contributed by atoms with Crippen molar-refractivity contribution in [1.82, 2.24) is 0 Å². The Morgan fingerprint density at radius 3 is 2.42 bits per heavy atom. The van der Waals surface area contributed by atoms with Crippen LogP contribution in [0.5, 0.6) is 0 Å². The summed E-state index contributed by atoms with van der Waals surface area (Å²) in [4.78, 5) is 37.6. The molecule has 0 unspecified atom stereocenters. The highest BCUT2D eigenvalue weighted by atomic mass is 16.2. The molecule has 1 aliphatic rings. The van der Waals surface area contributed by atoms with Gasteiger partial charge in [-0.05, 0) is 37.1 Å². The number of hydrogen-bond acceptors (Lipinski definition) is 3. The Bertz CT molecular complexity index is 825. The van der Waals surface area contributed by atoms with Crippen LogP contribution in [0.3, 0.4) is 0 Å². The van der Waals surface area contributed by atoms with Crippen LogP contribution in [-0.2, 0) is 16.0 Å². The zero-order chi connectivity index (χ0) is 17.3. The van der Waals surface area contributed by atoms with E-state index in [0.29, 0.717) is 17.8 Å². The van der Waals surface area contributed by atoms with Crippen molar-refractivity contribution >= 4 is 29.0 Å². The lowest BCUT2D eigenvalue weighted by atomic mass is 10.1. The number of anilines is 2. The van der Waals surface area contributed by atoms with E-state index in [0.717, 1.165) is 23.2 Å². The minimum atomic E-state index is -0.666. The molecular weight excluding hydrogens is 304 g/mol. The van der Waals surface area contributed by atoms with Crippen molar-refractivity contribution in [3.8, 4) is 0 Å². The van der Waals surface area contributed by atoms with Gasteiger partial charge in [-0.1, -0.05) is 29.8 Å². The molecular formula is C19H18N2O3. The fourth-order valence-electron chi connectivity index (χ4n) is 2.83. The first-order valence-electron chi connectivity index (χ1n) is 7.79. The molecule has 0 saturated carbocycles. The van der Waals surface area contributed by atoms with Crippen LogP contribution in [0, 0.1) is 6.92 Å². The van der Waals surface area contributed by atoms with Gasteiger partial charge in [-0.25, -0.2) is 0 Å². The van der Waals surface area contributed by atoms with E-state index in [9.17, 15) is 14.4 Å². The molecule has 3 rings (SSSR count). The van der Waals surface area contributed by atoms with Crippen molar-refractivity contribution in [3.63, 3.8) is 0 Å². The number of amides is 2. The van der Waals surface area contributed by atoms with Crippen molar-refractivity contribution in [2.45, 2.75) is 20.3 Å². The van der Waals surface area contributed by atoms with E-state index in [1.165, 1.54) is 6.92 Å². The molecule has 0 aromatic heterocycles. The molecule has 0 bridgehead atoms. The third-order valence-corrected chi connectivity index (χ3v) is 4.13. The molecule has 0 radical (unpaired) electrons. The van der Waals surface area contributed by atoms with Crippen LogP contribution in [0.4, 0.5) is 11.4 Å². The smallest absolute Gasteiger partial charge is 0.296 e. The highest BCUT2D eigenvalue weighted by Gasteiger charge is 2.23. The maximum Gasteiger partial charge on any atom is 0.296 e. The van der Waals surface area contributed by atoms with E-state index in [2.05, 4.69) is 5.32 Å². The quantitative estimate of drug-likeness (QED) is 0.698. The van der Waals surface area contributed by atoms with E-state index in [1.54, 1.807) is 41.3 Å². The van der Waals surface area contributed by atoms with Crippen LogP contribution in [-0.4, -0.2) is 24.1 Å². The second-order valence-electron chi connectivity index (χ2n) is 5.91. The first kappa shape index (κ1) is 15.9. The number of rotatable bonds is 3. The SMILES string of the molecule is CC(=O)N1CCc2cc(NC(=O)C(=O)c3ccc(C)cc3)ccc21. The van der Waals surface area contributed by atoms with E-state index >= 15 is 0 Å². The molecule has 2 amide bonds. The van der Waals surface area contributed by atoms with Gasteiger partial charge in [0.2, 0.25) is 5.91 Å². The van der Waals surface area contributed by atoms with Gasteiger partial charge in [0.25, 0.3) is 11.7 Å². The number of nitrogens with one attached hydrogen (secondary N) is 1. The van der Waals surface area contributed by atoms with Crippen molar-refractivity contribution in [2.75, 3.05) is 16.8 Å². The molecule has 5 nitrogen and oxygen atoms in total. The Labute approximate surface area is 140 Å². The van der Waals surface area contributed by atoms with Crippen LogP contribution in [0.1, 0.15) is 28.4 Å². The lowest BCUT2D eigenvalue weighted by Gasteiger charge is -2.15. The van der Waals surface area contributed by atoms with Gasteiger partial charge < -0.3 is 10.2 Å². The molecule has 2 aromatic rings. The molecule has 24 heavy (non-hydrogen) atoms. The number of Topliss-reactive ketones (excluding diaryl/α,β-unsaturated/α-hetero) is 1. The number of nitrogens with zero attached hydrogens (tertiary/aromatic N) is 1. The van der Waals surface area contributed by atoms with E-state index in [1.807, 2.05) is 13.0 Å². The average molecular weight is 322 g/mol. The summed E-state index contributed by atoms with van der Waals surface area (Å²) in [5.74, 6) is -1.24. The Balaban J connectivity index is 1.75. The van der Waals surface area contributed by atoms with Gasteiger partial charge >= 0.3 is 0 Å². The van der Waals surface area contributed by atoms with E-state index in [4.69, 9.17) is 0 Å². The van der Waals surface area contributed by atoms with Crippen LogP contribution in [0.2, 0.25) is 0 Å². The minimum absolute atomic E-state index is 0.0000781. The van der Waals surface area contributed by atoms with E-state index in [-0.39, 0.29) is 5.91 Å².